The molecule has 1 fully saturated rings. The minimum absolute atomic E-state index is 0.0534. The molecule has 1 aromatic rings. The van der Waals surface area contributed by atoms with Gasteiger partial charge in [-0.3, -0.25) is 4.90 Å². The van der Waals surface area contributed by atoms with E-state index in [4.69, 9.17) is 5.73 Å². The summed E-state index contributed by atoms with van der Waals surface area (Å²) in [5.74, 6) is 5.82. The van der Waals surface area contributed by atoms with Gasteiger partial charge in [0.2, 0.25) is 0 Å². The van der Waals surface area contributed by atoms with Crippen LogP contribution in [-0.4, -0.2) is 30.6 Å². The number of carbonyl (C=O) groups is 1. The molecule has 18 heavy (non-hydrogen) atoms. The van der Waals surface area contributed by atoms with Crippen LogP contribution in [0.4, 0.5) is 16.2 Å². The third kappa shape index (κ3) is 2.57. The van der Waals surface area contributed by atoms with Gasteiger partial charge in [0.15, 0.2) is 0 Å². The highest BCUT2D eigenvalue weighted by molar-refractivity contribution is 5.94. The molecule has 94 valence electrons. The molecule has 2 N–H and O–H groups in total. The lowest BCUT2D eigenvalue weighted by Gasteiger charge is -2.18. The van der Waals surface area contributed by atoms with Crippen molar-refractivity contribution < 1.29 is 4.79 Å². The number of nitrogens with zero attached hydrogens (tertiary/aromatic N) is 2. The SMILES string of the molecule is CC#CCCN1CCN(c2ccc(N)cc2)C1=O. The predicted octanol–water partition coefficient (Wildman–Crippen LogP) is 1.92. The third-order valence-electron chi connectivity index (χ3n) is 2.98. The number of nitrogens with two attached hydrogens (primary N) is 1. The van der Waals surface area contributed by atoms with Crippen LogP contribution in [0.15, 0.2) is 24.3 Å². The molecular weight excluding hydrogens is 226 g/mol. The Hall–Kier alpha value is -2.15. The zero-order valence-corrected chi connectivity index (χ0v) is 10.5. The monoisotopic (exact) mass is 243 g/mol. The summed E-state index contributed by atoms with van der Waals surface area (Å²) in [6.07, 6.45) is 0.734. The number of hydrogen-bond donors (Lipinski definition) is 1. The summed E-state index contributed by atoms with van der Waals surface area (Å²) in [5, 5.41) is 0. The highest BCUT2D eigenvalue weighted by atomic mass is 16.2. The van der Waals surface area contributed by atoms with E-state index < -0.39 is 0 Å². The Morgan fingerprint density at radius 3 is 2.67 bits per heavy atom. The Labute approximate surface area is 107 Å². The maximum atomic E-state index is 12.2. The van der Waals surface area contributed by atoms with Crippen molar-refractivity contribution in [1.82, 2.24) is 4.90 Å². The van der Waals surface area contributed by atoms with E-state index in [1.165, 1.54) is 0 Å². The summed E-state index contributed by atoms with van der Waals surface area (Å²) in [4.78, 5) is 15.8. The first-order valence-electron chi connectivity index (χ1n) is 6.04. The van der Waals surface area contributed by atoms with E-state index >= 15 is 0 Å². The normalized spacial score (nSPS) is 14.6. The zero-order chi connectivity index (χ0) is 13.0. The second-order valence-electron chi connectivity index (χ2n) is 4.19. The lowest BCUT2D eigenvalue weighted by molar-refractivity contribution is 0.221. The Kier molecular flexibility index (Phi) is 3.73. The van der Waals surface area contributed by atoms with Gasteiger partial charge in [0.1, 0.15) is 0 Å². The Balaban J connectivity index is 2.02. The standard InChI is InChI=1S/C14H17N3O/c1-2-3-4-9-16-10-11-17(14(16)18)13-7-5-12(15)6-8-13/h5-8H,4,9-11,15H2,1H3. The lowest BCUT2D eigenvalue weighted by atomic mass is 10.2. The van der Waals surface area contributed by atoms with Gasteiger partial charge in [-0.2, -0.15) is 0 Å². The highest BCUT2D eigenvalue weighted by Crippen LogP contribution is 2.21. The molecule has 0 bridgehead atoms. The fourth-order valence-electron chi connectivity index (χ4n) is 2.00. The molecule has 0 aliphatic carbocycles. The number of benzene rings is 1. The zero-order valence-electron chi connectivity index (χ0n) is 10.5. The van der Waals surface area contributed by atoms with Gasteiger partial charge < -0.3 is 10.6 Å². The second-order valence-corrected chi connectivity index (χ2v) is 4.19. The molecule has 2 rings (SSSR count). The molecule has 2 amide bonds. The first-order valence-corrected chi connectivity index (χ1v) is 6.04. The molecule has 1 saturated heterocycles. The van der Waals surface area contributed by atoms with E-state index in [1.54, 1.807) is 4.90 Å². The van der Waals surface area contributed by atoms with Crippen LogP contribution < -0.4 is 10.6 Å². The second kappa shape index (κ2) is 5.46. The van der Waals surface area contributed by atoms with Crippen LogP contribution in [0.3, 0.4) is 0 Å². The molecule has 1 aliphatic rings. The number of carbonyl (C=O) groups excluding carboxylic acids is 1. The molecule has 1 heterocycles. The van der Waals surface area contributed by atoms with Crippen molar-refractivity contribution in [2.45, 2.75) is 13.3 Å². The van der Waals surface area contributed by atoms with Crippen molar-refractivity contribution in [3.05, 3.63) is 24.3 Å². The molecule has 4 nitrogen and oxygen atoms in total. The van der Waals surface area contributed by atoms with Crippen LogP contribution in [0.2, 0.25) is 0 Å². The number of rotatable bonds is 3. The Bertz CT molecular complexity index is 484. The minimum Gasteiger partial charge on any atom is -0.399 e. The molecule has 0 spiro atoms. The summed E-state index contributed by atoms with van der Waals surface area (Å²) in [5.41, 5.74) is 7.25. The fraction of sp³-hybridized carbons (Fsp3) is 0.357. The number of amides is 2. The van der Waals surface area contributed by atoms with E-state index in [9.17, 15) is 4.79 Å². The van der Waals surface area contributed by atoms with Crippen molar-refractivity contribution in [3.63, 3.8) is 0 Å². The van der Waals surface area contributed by atoms with Crippen molar-refractivity contribution in [1.29, 1.82) is 0 Å². The first kappa shape index (κ1) is 12.3. The maximum absolute atomic E-state index is 12.2. The lowest BCUT2D eigenvalue weighted by Crippen LogP contribution is -2.32. The van der Waals surface area contributed by atoms with E-state index in [1.807, 2.05) is 36.1 Å². The van der Waals surface area contributed by atoms with Crippen molar-refractivity contribution in [2.24, 2.45) is 0 Å². The van der Waals surface area contributed by atoms with Gasteiger partial charge in [-0.1, -0.05) is 0 Å². The summed E-state index contributed by atoms with van der Waals surface area (Å²) in [6.45, 7) is 3.99. The van der Waals surface area contributed by atoms with Gasteiger partial charge in [-0.25, -0.2) is 4.79 Å². The molecule has 1 aromatic carbocycles. The average molecular weight is 243 g/mol. The molecule has 1 aliphatic heterocycles. The van der Waals surface area contributed by atoms with Crippen molar-refractivity contribution in [3.8, 4) is 11.8 Å². The molecule has 0 radical (unpaired) electrons. The van der Waals surface area contributed by atoms with Crippen LogP contribution in [0.25, 0.3) is 0 Å². The van der Waals surface area contributed by atoms with Crippen LogP contribution in [-0.2, 0) is 0 Å². The number of anilines is 2. The van der Waals surface area contributed by atoms with Gasteiger partial charge in [-0.15, -0.1) is 11.8 Å². The van der Waals surface area contributed by atoms with E-state index in [0.29, 0.717) is 12.2 Å². The van der Waals surface area contributed by atoms with Gasteiger partial charge in [0.25, 0.3) is 0 Å². The molecular formula is C14H17N3O. The number of hydrogen-bond acceptors (Lipinski definition) is 2. The van der Waals surface area contributed by atoms with Gasteiger partial charge >= 0.3 is 6.03 Å². The summed E-state index contributed by atoms with van der Waals surface area (Å²) in [7, 11) is 0. The largest absolute Gasteiger partial charge is 0.399 e. The van der Waals surface area contributed by atoms with Crippen molar-refractivity contribution in [2.75, 3.05) is 30.3 Å². The third-order valence-corrected chi connectivity index (χ3v) is 2.98. The Morgan fingerprint density at radius 1 is 1.28 bits per heavy atom. The van der Waals surface area contributed by atoms with Gasteiger partial charge in [-0.05, 0) is 31.2 Å². The highest BCUT2D eigenvalue weighted by Gasteiger charge is 2.28. The van der Waals surface area contributed by atoms with Crippen LogP contribution in [0, 0.1) is 11.8 Å². The van der Waals surface area contributed by atoms with Crippen molar-refractivity contribution >= 4 is 17.4 Å². The fourth-order valence-corrected chi connectivity index (χ4v) is 2.00. The summed E-state index contributed by atoms with van der Waals surface area (Å²) < 4.78 is 0. The van der Waals surface area contributed by atoms with Crippen LogP contribution >= 0.6 is 0 Å². The number of urea groups is 1. The minimum atomic E-state index is 0.0534. The first-order chi connectivity index (χ1) is 8.72. The van der Waals surface area contributed by atoms with E-state index in [-0.39, 0.29) is 6.03 Å². The summed E-state index contributed by atoms with van der Waals surface area (Å²) in [6, 6.07) is 7.44. The average Bonchev–Trinajstić information content (AvgIpc) is 2.73. The topological polar surface area (TPSA) is 49.6 Å². The number of nitrogen functional groups attached to an aromatic ring is 1. The molecule has 0 unspecified atom stereocenters. The van der Waals surface area contributed by atoms with E-state index in [2.05, 4.69) is 11.8 Å². The molecule has 0 aromatic heterocycles. The maximum Gasteiger partial charge on any atom is 0.324 e. The smallest absolute Gasteiger partial charge is 0.324 e. The van der Waals surface area contributed by atoms with E-state index in [0.717, 1.165) is 25.2 Å². The summed E-state index contributed by atoms with van der Waals surface area (Å²) >= 11 is 0. The molecule has 0 saturated carbocycles. The van der Waals surface area contributed by atoms with Crippen LogP contribution in [0.1, 0.15) is 13.3 Å². The Morgan fingerprint density at radius 2 is 2.00 bits per heavy atom. The quantitative estimate of drug-likeness (QED) is 0.651. The molecule has 0 atom stereocenters. The van der Waals surface area contributed by atoms with Crippen LogP contribution in [0.5, 0.6) is 0 Å². The van der Waals surface area contributed by atoms with Gasteiger partial charge in [0, 0.05) is 37.4 Å². The van der Waals surface area contributed by atoms with Gasteiger partial charge in [0.05, 0.1) is 0 Å². The molecule has 4 heteroatoms. The predicted molar refractivity (Wildman–Crippen MR) is 73.2 cm³/mol.